The number of hydrogen-bond acceptors (Lipinski definition) is 6. The van der Waals surface area contributed by atoms with Gasteiger partial charge in [-0.25, -0.2) is 4.98 Å². The molecular formula is C12H12N4OS. The predicted molar refractivity (Wildman–Crippen MR) is 71.4 cm³/mol. The van der Waals surface area contributed by atoms with Gasteiger partial charge < -0.3 is 10.3 Å². The minimum Gasteiger partial charge on any atom is -0.375 e. The standard InChI is InChI=1S/C12H12N4OS/c1-6(2)10-15-11(17-16-10)7-3-4-8-9(5-7)18-12(13)14-8/h3-6H,1-2H3,(H2,13,14). The monoisotopic (exact) mass is 260 g/mol. The number of fused-ring (bicyclic) bond motifs is 1. The van der Waals surface area contributed by atoms with Crippen molar-refractivity contribution >= 4 is 26.7 Å². The molecule has 92 valence electrons. The second-order valence-corrected chi connectivity index (χ2v) is 5.41. The molecule has 5 nitrogen and oxygen atoms in total. The van der Waals surface area contributed by atoms with Crippen LogP contribution in [0.2, 0.25) is 0 Å². The molecule has 0 spiro atoms. The summed E-state index contributed by atoms with van der Waals surface area (Å²) in [5.74, 6) is 1.51. The zero-order valence-electron chi connectivity index (χ0n) is 10.0. The van der Waals surface area contributed by atoms with Gasteiger partial charge in [0.15, 0.2) is 11.0 Å². The van der Waals surface area contributed by atoms with Gasteiger partial charge in [-0.15, -0.1) is 0 Å². The smallest absolute Gasteiger partial charge is 0.257 e. The third-order valence-corrected chi connectivity index (χ3v) is 3.46. The molecule has 0 aliphatic carbocycles. The number of anilines is 1. The van der Waals surface area contributed by atoms with E-state index in [-0.39, 0.29) is 5.92 Å². The van der Waals surface area contributed by atoms with Gasteiger partial charge in [0.25, 0.3) is 5.89 Å². The molecule has 0 aliphatic rings. The van der Waals surface area contributed by atoms with Crippen molar-refractivity contribution in [2.45, 2.75) is 19.8 Å². The van der Waals surface area contributed by atoms with Gasteiger partial charge in [0.2, 0.25) is 0 Å². The third-order valence-electron chi connectivity index (χ3n) is 2.61. The molecule has 0 fully saturated rings. The van der Waals surface area contributed by atoms with Crippen LogP contribution in [-0.4, -0.2) is 15.1 Å². The van der Waals surface area contributed by atoms with E-state index in [1.54, 1.807) is 0 Å². The lowest BCUT2D eigenvalue weighted by Gasteiger charge is -1.94. The van der Waals surface area contributed by atoms with Crippen molar-refractivity contribution in [3.63, 3.8) is 0 Å². The van der Waals surface area contributed by atoms with E-state index in [2.05, 4.69) is 15.1 Å². The topological polar surface area (TPSA) is 77.8 Å². The molecule has 0 saturated carbocycles. The summed E-state index contributed by atoms with van der Waals surface area (Å²) < 4.78 is 6.28. The fourth-order valence-corrected chi connectivity index (χ4v) is 2.44. The minimum absolute atomic E-state index is 0.255. The van der Waals surface area contributed by atoms with E-state index in [9.17, 15) is 0 Å². The van der Waals surface area contributed by atoms with Gasteiger partial charge in [-0.2, -0.15) is 4.98 Å². The number of thiazole rings is 1. The Morgan fingerprint density at radius 1 is 1.28 bits per heavy atom. The van der Waals surface area contributed by atoms with Crippen LogP contribution >= 0.6 is 11.3 Å². The number of nitrogen functional groups attached to an aromatic ring is 1. The molecule has 6 heteroatoms. The Morgan fingerprint density at radius 2 is 2.11 bits per heavy atom. The largest absolute Gasteiger partial charge is 0.375 e. The quantitative estimate of drug-likeness (QED) is 0.766. The zero-order valence-corrected chi connectivity index (χ0v) is 10.9. The van der Waals surface area contributed by atoms with Crippen LogP contribution in [0.1, 0.15) is 25.6 Å². The third kappa shape index (κ3) is 1.84. The van der Waals surface area contributed by atoms with Crippen LogP contribution in [-0.2, 0) is 0 Å². The van der Waals surface area contributed by atoms with Gasteiger partial charge in [0.1, 0.15) is 0 Å². The normalized spacial score (nSPS) is 11.5. The van der Waals surface area contributed by atoms with Gasteiger partial charge in [0.05, 0.1) is 10.2 Å². The minimum atomic E-state index is 0.255. The fourth-order valence-electron chi connectivity index (χ4n) is 1.66. The molecule has 3 rings (SSSR count). The Bertz CT molecular complexity index is 701. The molecule has 0 aliphatic heterocycles. The fraction of sp³-hybridized carbons (Fsp3) is 0.250. The highest BCUT2D eigenvalue weighted by Gasteiger charge is 2.12. The molecule has 1 aromatic carbocycles. The summed E-state index contributed by atoms with van der Waals surface area (Å²) in [4.78, 5) is 8.58. The van der Waals surface area contributed by atoms with Gasteiger partial charge in [-0.1, -0.05) is 30.3 Å². The molecule has 2 heterocycles. The summed E-state index contributed by atoms with van der Waals surface area (Å²) in [7, 11) is 0. The first kappa shape index (κ1) is 11.2. The molecule has 2 N–H and O–H groups in total. The maximum absolute atomic E-state index is 5.68. The van der Waals surface area contributed by atoms with E-state index in [0.29, 0.717) is 16.8 Å². The average molecular weight is 260 g/mol. The van der Waals surface area contributed by atoms with Crippen molar-refractivity contribution < 1.29 is 4.52 Å². The Hall–Kier alpha value is -1.95. The SMILES string of the molecule is CC(C)c1noc(-c2ccc3nc(N)sc3c2)n1. The highest BCUT2D eigenvalue weighted by atomic mass is 32.1. The van der Waals surface area contributed by atoms with E-state index in [1.165, 1.54) is 11.3 Å². The summed E-state index contributed by atoms with van der Waals surface area (Å²) in [5.41, 5.74) is 7.47. The molecule has 2 aromatic heterocycles. The van der Waals surface area contributed by atoms with Crippen LogP contribution in [0.5, 0.6) is 0 Å². The molecule has 0 amide bonds. The van der Waals surface area contributed by atoms with E-state index >= 15 is 0 Å². The van der Waals surface area contributed by atoms with E-state index < -0.39 is 0 Å². The molecule has 0 atom stereocenters. The highest BCUT2D eigenvalue weighted by molar-refractivity contribution is 7.22. The average Bonchev–Trinajstić information content (AvgIpc) is 2.91. The van der Waals surface area contributed by atoms with E-state index in [4.69, 9.17) is 10.3 Å². The van der Waals surface area contributed by atoms with Gasteiger partial charge in [-0.05, 0) is 18.2 Å². The lowest BCUT2D eigenvalue weighted by atomic mass is 10.2. The number of hydrogen-bond donors (Lipinski definition) is 1. The van der Waals surface area contributed by atoms with Crippen molar-refractivity contribution in [2.75, 3.05) is 5.73 Å². The molecule has 0 bridgehead atoms. The molecule has 0 radical (unpaired) electrons. The molecule has 3 aromatic rings. The van der Waals surface area contributed by atoms with Crippen molar-refractivity contribution in [1.82, 2.24) is 15.1 Å². The van der Waals surface area contributed by atoms with Crippen molar-refractivity contribution in [3.8, 4) is 11.5 Å². The Balaban J connectivity index is 2.06. The van der Waals surface area contributed by atoms with Crippen LogP contribution in [0.3, 0.4) is 0 Å². The van der Waals surface area contributed by atoms with E-state index in [1.807, 2.05) is 32.0 Å². The molecule has 0 unspecified atom stereocenters. The Labute approximate surface area is 108 Å². The van der Waals surface area contributed by atoms with Crippen LogP contribution in [0.4, 0.5) is 5.13 Å². The lowest BCUT2D eigenvalue weighted by molar-refractivity contribution is 0.419. The van der Waals surface area contributed by atoms with Crippen molar-refractivity contribution in [2.24, 2.45) is 0 Å². The number of rotatable bonds is 2. The predicted octanol–water partition coefficient (Wildman–Crippen LogP) is 3.05. The van der Waals surface area contributed by atoms with Crippen molar-refractivity contribution in [3.05, 3.63) is 24.0 Å². The molecular weight excluding hydrogens is 248 g/mol. The molecule has 0 saturated heterocycles. The summed E-state index contributed by atoms with van der Waals surface area (Å²) in [6.07, 6.45) is 0. The zero-order chi connectivity index (χ0) is 12.7. The molecule has 18 heavy (non-hydrogen) atoms. The van der Waals surface area contributed by atoms with Crippen LogP contribution in [0.25, 0.3) is 21.7 Å². The van der Waals surface area contributed by atoms with Crippen LogP contribution < -0.4 is 5.73 Å². The van der Waals surface area contributed by atoms with Crippen LogP contribution in [0.15, 0.2) is 22.7 Å². The Kier molecular flexibility index (Phi) is 2.52. The van der Waals surface area contributed by atoms with E-state index in [0.717, 1.165) is 15.8 Å². The summed E-state index contributed by atoms with van der Waals surface area (Å²) in [6, 6.07) is 5.80. The van der Waals surface area contributed by atoms with Crippen molar-refractivity contribution in [1.29, 1.82) is 0 Å². The summed E-state index contributed by atoms with van der Waals surface area (Å²) in [6.45, 7) is 4.06. The Morgan fingerprint density at radius 3 is 2.83 bits per heavy atom. The maximum atomic E-state index is 5.68. The second-order valence-electron chi connectivity index (χ2n) is 4.35. The highest BCUT2D eigenvalue weighted by Crippen LogP contribution is 2.28. The second kappa shape index (κ2) is 4.06. The summed E-state index contributed by atoms with van der Waals surface area (Å²) >= 11 is 1.45. The van der Waals surface area contributed by atoms with Gasteiger partial charge >= 0.3 is 0 Å². The van der Waals surface area contributed by atoms with Gasteiger partial charge in [-0.3, -0.25) is 0 Å². The number of benzene rings is 1. The first-order valence-electron chi connectivity index (χ1n) is 5.63. The lowest BCUT2D eigenvalue weighted by Crippen LogP contribution is -1.89. The number of nitrogens with two attached hydrogens (primary N) is 1. The van der Waals surface area contributed by atoms with Gasteiger partial charge in [0, 0.05) is 11.5 Å². The number of nitrogens with zero attached hydrogens (tertiary/aromatic N) is 3. The maximum Gasteiger partial charge on any atom is 0.257 e. The van der Waals surface area contributed by atoms with Crippen LogP contribution in [0, 0.1) is 0 Å². The first-order chi connectivity index (χ1) is 8.63. The first-order valence-corrected chi connectivity index (χ1v) is 6.45. The number of aromatic nitrogens is 3. The summed E-state index contributed by atoms with van der Waals surface area (Å²) in [5, 5.41) is 4.52.